The molecule has 2 N–H and O–H groups in total. The van der Waals surface area contributed by atoms with Crippen LogP contribution in [0.3, 0.4) is 0 Å². The van der Waals surface area contributed by atoms with E-state index in [0.717, 1.165) is 16.7 Å². The molecule has 0 radical (unpaired) electrons. The first-order valence-electron chi connectivity index (χ1n) is 8.64. The van der Waals surface area contributed by atoms with Crippen molar-refractivity contribution in [3.63, 3.8) is 0 Å². The van der Waals surface area contributed by atoms with Crippen LogP contribution in [-0.4, -0.2) is 23.6 Å². The molecule has 0 atom stereocenters. The average Bonchev–Trinajstić information content (AvgIpc) is 2.64. The number of ether oxygens (including phenoxy) is 1. The van der Waals surface area contributed by atoms with Gasteiger partial charge in [-0.25, -0.2) is 4.79 Å². The molecule has 0 aromatic heterocycles. The highest BCUT2D eigenvalue weighted by atomic mass is 35.5. The highest BCUT2D eigenvalue weighted by Gasteiger charge is 2.13. The predicted octanol–water partition coefficient (Wildman–Crippen LogP) is 4.52. The van der Waals surface area contributed by atoms with Crippen LogP contribution in [0.2, 0.25) is 5.02 Å². The molecule has 0 aliphatic heterocycles. The van der Waals surface area contributed by atoms with Crippen molar-refractivity contribution in [2.75, 3.05) is 6.61 Å². The van der Waals surface area contributed by atoms with Crippen molar-refractivity contribution in [3.8, 4) is 5.75 Å². The third-order valence-corrected chi connectivity index (χ3v) is 4.45. The van der Waals surface area contributed by atoms with Crippen molar-refractivity contribution in [3.05, 3.63) is 81.5 Å². The molecular formula is C22H22ClNO4. The van der Waals surface area contributed by atoms with Crippen LogP contribution in [-0.2, 0) is 9.59 Å². The summed E-state index contributed by atoms with van der Waals surface area (Å²) in [6, 6.07) is 12.9. The van der Waals surface area contributed by atoms with E-state index in [-0.39, 0.29) is 12.3 Å². The van der Waals surface area contributed by atoms with E-state index >= 15 is 0 Å². The fraction of sp³-hybridized carbons (Fsp3) is 0.182. The second-order valence-corrected chi connectivity index (χ2v) is 6.75. The van der Waals surface area contributed by atoms with E-state index in [0.29, 0.717) is 16.3 Å². The number of carboxylic acids is 1. The van der Waals surface area contributed by atoms with Crippen LogP contribution in [0, 0.1) is 13.8 Å². The molecule has 5 nitrogen and oxygen atoms in total. The van der Waals surface area contributed by atoms with Crippen LogP contribution in [0.5, 0.6) is 5.75 Å². The molecule has 0 fully saturated rings. The van der Waals surface area contributed by atoms with Crippen molar-refractivity contribution in [1.82, 2.24) is 5.32 Å². The molecule has 0 saturated heterocycles. The first kappa shape index (κ1) is 21.3. The average molecular weight is 400 g/mol. The van der Waals surface area contributed by atoms with Gasteiger partial charge in [-0.1, -0.05) is 48.0 Å². The minimum atomic E-state index is -1.23. The highest BCUT2D eigenvalue weighted by molar-refractivity contribution is 6.32. The normalized spacial score (nSPS) is 11.9. The number of nitrogens with one attached hydrogen (secondary N) is 1. The number of hydrogen-bond donors (Lipinski definition) is 2. The minimum Gasteiger partial charge on any atom is -0.484 e. The number of carboxylic acid groups (broad SMARTS) is 1. The molecule has 0 aliphatic rings. The molecule has 2 rings (SSSR count). The van der Waals surface area contributed by atoms with Gasteiger partial charge in [0.05, 0.1) is 0 Å². The van der Waals surface area contributed by atoms with Gasteiger partial charge in [0.25, 0.3) is 5.91 Å². The lowest BCUT2D eigenvalue weighted by Crippen LogP contribution is -2.31. The zero-order chi connectivity index (χ0) is 20.7. The third kappa shape index (κ3) is 6.28. The molecule has 0 heterocycles. The molecule has 0 unspecified atom stereocenters. The molecule has 146 valence electrons. The Bertz CT molecular complexity index is 910. The number of halogens is 1. The summed E-state index contributed by atoms with van der Waals surface area (Å²) < 4.78 is 5.46. The summed E-state index contributed by atoms with van der Waals surface area (Å²) in [6.07, 6.45) is 3.23. The van der Waals surface area contributed by atoms with Crippen LogP contribution < -0.4 is 10.1 Å². The predicted molar refractivity (Wildman–Crippen MR) is 110 cm³/mol. The maximum atomic E-state index is 12.1. The number of carbonyl (C=O) groups excluding carboxylic acids is 1. The lowest BCUT2D eigenvalue weighted by Gasteiger charge is -2.11. The Kier molecular flexibility index (Phi) is 7.41. The van der Waals surface area contributed by atoms with Crippen LogP contribution in [0.15, 0.2) is 59.8 Å². The summed E-state index contributed by atoms with van der Waals surface area (Å²) in [4.78, 5) is 23.6. The summed E-state index contributed by atoms with van der Waals surface area (Å²) in [5.41, 5.74) is 3.08. The zero-order valence-electron chi connectivity index (χ0n) is 16.0. The quantitative estimate of drug-likeness (QED) is 0.530. The maximum absolute atomic E-state index is 12.1. The molecule has 0 aliphatic carbocycles. The standard InChI is InChI=1S/C22H22ClNO4/c1-14(9-17-7-5-4-6-8-17)10-19(22(26)27)24-20(25)13-28-18-11-15(2)21(23)16(3)12-18/h4-12H,13H2,1-3H3,(H,24,25)(H,26,27)/b14-9+,19-10+. The third-order valence-electron chi connectivity index (χ3n) is 3.85. The van der Waals surface area contributed by atoms with E-state index in [4.69, 9.17) is 16.3 Å². The lowest BCUT2D eigenvalue weighted by atomic mass is 10.1. The van der Waals surface area contributed by atoms with Crippen molar-refractivity contribution in [2.45, 2.75) is 20.8 Å². The highest BCUT2D eigenvalue weighted by Crippen LogP contribution is 2.25. The molecule has 28 heavy (non-hydrogen) atoms. The number of hydrogen-bond acceptors (Lipinski definition) is 3. The Morgan fingerprint density at radius 3 is 2.32 bits per heavy atom. The van der Waals surface area contributed by atoms with Gasteiger partial charge >= 0.3 is 5.97 Å². The summed E-state index contributed by atoms with van der Waals surface area (Å²) in [7, 11) is 0. The Hall–Kier alpha value is -3.05. The minimum absolute atomic E-state index is 0.221. The van der Waals surface area contributed by atoms with E-state index in [1.807, 2.05) is 50.3 Å². The Morgan fingerprint density at radius 1 is 1.14 bits per heavy atom. The number of amides is 1. The monoisotopic (exact) mass is 399 g/mol. The van der Waals surface area contributed by atoms with Crippen LogP contribution in [0.1, 0.15) is 23.6 Å². The van der Waals surface area contributed by atoms with Gasteiger partial charge in [-0.3, -0.25) is 4.79 Å². The molecule has 0 bridgehead atoms. The van der Waals surface area contributed by atoms with Crippen LogP contribution in [0.25, 0.3) is 6.08 Å². The van der Waals surface area contributed by atoms with E-state index in [1.54, 1.807) is 19.1 Å². The summed E-state index contributed by atoms with van der Waals surface area (Å²) >= 11 is 6.11. The van der Waals surface area contributed by atoms with E-state index < -0.39 is 11.9 Å². The van der Waals surface area contributed by atoms with E-state index in [1.165, 1.54) is 6.08 Å². The molecule has 0 spiro atoms. The zero-order valence-corrected chi connectivity index (χ0v) is 16.7. The summed E-state index contributed by atoms with van der Waals surface area (Å²) in [5, 5.41) is 12.4. The van der Waals surface area contributed by atoms with Gasteiger partial charge in [0, 0.05) is 5.02 Å². The van der Waals surface area contributed by atoms with Crippen LogP contribution >= 0.6 is 11.6 Å². The van der Waals surface area contributed by atoms with E-state index in [9.17, 15) is 14.7 Å². The fourth-order valence-corrected chi connectivity index (χ4v) is 2.67. The Balaban J connectivity index is 2.04. The number of allylic oxidation sites excluding steroid dienone is 2. The van der Waals surface area contributed by atoms with Crippen molar-refractivity contribution in [2.24, 2.45) is 0 Å². The SMILES string of the molecule is CC(=C\c1ccccc1)/C=C(/NC(=O)COc1cc(C)c(Cl)c(C)c1)C(=O)O. The number of rotatable bonds is 7. The van der Waals surface area contributed by atoms with Gasteiger partial charge in [-0.05, 0) is 61.2 Å². The van der Waals surface area contributed by atoms with Crippen molar-refractivity contribution in [1.29, 1.82) is 0 Å². The second-order valence-electron chi connectivity index (χ2n) is 6.37. The second kappa shape index (κ2) is 9.76. The molecule has 1 amide bonds. The summed E-state index contributed by atoms with van der Waals surface area (Å²) in [6.45, 7) is 5.13. The molecule has 2 aromatic rings. The van der Waals surface area contributed by atoms with Gasteiger partial charge in [0.1, 0.15) is 11.4 Å². The van der Waals surface area contributed by atoms with Gasteiger partial charge < -0.3 is 15.2 Å². The van der Waals surface area contributed by atoms with Gasteiger partial charge in [-0.2, -0.15) is 0 Å². The van der Waals surface area contributed by atoms with Gasteiger partial charge in [0.2, 0.25) is 0 Å². The summed E-state index contributed by atoms with van der Waals surface area (Å²) in [5.74, 6) is -1.30. The van der Waals surface area contributed by atoms with Gasteiger partial charge in [-0.15, -0.1) is 0 Å². The first-order chi connectivity index (χ1) is 13.3. The smallest absolute Gasteiger partial charge is 0.352 e. The number of aryl methyl sites for hydroxylation is 2. The fourth-order valence-electron chi connectivity index (χ4n) is 2.56. The lowest BCUT2D eigenvalue weighted by molar-refractivity contribution is -0.135. The van der Waals surface area contributed by atoms with Crippen molar-refractivity contribution >= 4 is 29.6 Å². The van der Waals surface area contributed by atoms with E-state index in [2.05, 4.69) is 5.32 Å². The maximum Gasteiger partial charge on any atom is 0.352 e. The van der Waals surface area contributed by atoms with Gasteiger partial charge in [0.15, 0.2) is 6.61 Å². The molecule has 0 saturated carbocycles. The molecule has 2 aromatic carbocycles. The van der Waals surface area contributed by atoms with Crippen LogP contribution in [0.4, 0.5) is 0 Å². The molecule has 6 heteroatoms. The topological polar surface area (TPSA) is 75.6 Å². The number of benzene rings is 2. The Labute approximate surface area is 169 Å². The Morgan fingerprint density at radius 2 is 1.75 bits per heavy atom. The number of aliphatic carboxylic acids is 1. The number of carbonyl (C=O) groups is 2. The largest absolute Gasteiger partial charge is 0.484 e. The molecular weight excluding hydrogens is 378 g/mol. The first-order valence-corrected chi connectivity index (χ1v) is 9.02. The van der Waals surface area contributed by atoms with Crippen molar-refractivity contribution < 1.29 is 19.4 Å².